The molecule has 0 radical (unpaired) electrons. The monoisotopic (exact) mass is 247 g/mol. The van der Waals surface area contributed by atoms with Crippen LogP contribution in [0.2, 0.25) is 0 Å². The number of rotatable bonds is 5. The standard InChI is InChI=1S/C14H17NO3/c1-17-14(16)7-6-11(15)8-10-9-18-13-5-3-2-4-12(10)13/h2-5,9,11H,6-8,15H2,1H3. The van der Waals surface area contributed by atoms with Gasteiger partial charge in [-0.05, 0) is 24.5 Å². The molecular formula is C14H17NO3. The summed E-state index contributed by atoms with van der Waals surface area (Å²) < 4.78 is 10.0. The van der Waals surface area contributed by atoms with Gasteiger partial charge in [0.25, 0.3) is 0 Å². The highest BCUT2D eigenvalue weighted by Gasteiger charge is 2.11. The molecule has 1 atom stereocenters. The molecule has 18 heavy (non-hydrogen) atoms. The van der Waals surface area contributed by atoms with Crippen LogP contribution < -0.4 is 5.73 Å². The van der Waals surface area contributed by atoms with Gasteiger partial charge in [0.15, 0.2) is 0 Å². The van der Waals surface area contributed by atoms with Gasteiger partial charge in [0.05, 0.1) is 13.4 Å². The van der Waals surface area contributed by atoms with Crippen molar-refractivity contribution < 1.29 is 13.9 Å². The van der Waals surface area contributed by atoms with Crippen molar-refractivity contribution >= 4 is 16.9 Å². The molecule has 0 aliphatic carbocycles. The predicted molar refractivity (Wildman–Crippen MR) is 69.1 cm³/mol. The normalized spacial score (nSPS) is 12.6. The van der Waals surface area contributed by atoms with Crippen LogP contribution in [0.3, 0.4) is 0 Å². The third-order valence-electron chi connectivity index (χ3n) is 2.99. The van der Waals surface area contributed by atoms with Gasteiger partial charge in [0.2, 0.25) is 0 Å². The van der Waals surface area contributed by atoms with Crippen LogP contribution in [0.4, 0.5) is 0 Å². The van der Waals surface area contributed by atoms with Crippen molar-refractivity contribution in [2.75, 3.05) is 7.11 Å². The maximum atomic E-state index is 11.0. The molecule has 1 aromatic carbocycles. The summed E-state index contributed by atoms with van der Waals surface area (Å²) in [7, 11) is 1.39. The van der Waals surface area contributed by atoms with Gasteiger partial charge in [-0.1, -0.05) is 18.2 Å². The molecule has 0 aliphatic heterocycles. The minimum Gasteiger partial charge on any atom is -0.469 e. The lowest BCUT2D eigenvalue weighted by Gasteiger charge is -2.09. The lowest BCUT2D eigenvalue weighted by molar-refractivity contribution is -0.140. The Morgan fingerprint density at radius 2 is 2.22 bits per heavy atom. The molecule has 0 saturated heterocycles. The van der Waals surface area contributed by atoms with Crippen LogP contribution in [0.5, 0.6) is 0 Å². The number of hydrogen-bond donors (Lipinski definition) is 1. The smallest absolute Gasteiger partial charge is 0.305 e. The molecule has 4 nitrogen and oxygen atoms in total. The first kappa shape index (κ1) is 12.6. The molecule has 96 valence electrons. The van der Waals surface area contributed by atoms with Crippen molar-refractivity contribution in [2.24, 2.45) is 5.73 Å². The average molecular weight is 247 g/mol. The Kier molecular flexibility index (Phi) is 3.99. The minimum absolute atomic E-state index is 0.0647. The van der Waals surface area contributed by atoms with E-state index in [1.165, 1.54) is 7.11 Å². The maximum Gasteiger partial charge on any atom is 0.305 e. The Balaban J connectivity index is 1.98. The number of methoxy groups -OCH3 is 1. The molecule has 2 rings (SSSR count). The summed E-state index contributed by atoms with van der Waals surface area (Å²) in [5, 5.41) is 1.09. The molecule has 2 N–H and O–H groups in total. The molecule has 4 heteroatoms. The second-order valence-electron chi connectivity index (χ2n) is 4.34. The van der Waals surface area contributed by atoms with Gasteiger partial charge in [0, 0.05) is 17.8 Å². The number of hydrogen-bond acceptors (Lipinski definition) is 4. The van der Waals surface area contributed by atoms with Crippen molar-refractivity contribution in [3.8, 4) is 0 Å². The summed E-state index contributed by atoms with van der Waals surface area (Å²) in [5.74, 6) is -0.220. The molecule has 0 spiro atoms. The van der Waals surface area contributed by atoms with Gasteiger partial charge in [0.1, 0.15) is 5.58 Å². The Labute approximate surface area is 106 Å². The second kappa shape index (κ2) is 5.69. The van der Waals surface area contributed by atoms with Crippen molar-refractivity contribution in [3.63, 3.8) is 0 Å². The Bertz CT molecular complexity index is 533. The van der Waals surface area contributed by atoms with E-state index in [2.05, 4.69) is 4.74 Å². The van der Waals surface area contributed by atoms with Crippen molar-refractivity contribution in [2.45, 2.75) is 25.3 Å². The number of furan rings is 1. The highest BCUT2D eigenvalue weighted by Crippen LogP contribution is 2.22. The topological polar surface area (TPSA) is 65.5 Å². The highest BCUT2D eigenvalue weighted by molar-refractivity contribution is 5.80. The van der Waals surface area contributed by atoms with E-state index in [0.29, 0.717) is 19.3 Å². The average Bonchev–Trinajstić information content (AvgIpc) is 2.79. The summed E-state index contributed by atoms with van der Waals surface area (Å²) in [6, 6.07) is 7.79. The second-order valence-corrected chi connectivity index (χ2v) is 4.34. The van der Waals surface area contributed by atoms with E-state index in [4.69, 9.17) is 10.2 Å². The number of ether oxygens (including phenoxy) is 1. The molecule has 2 aromatic rings. The van der Waals surface area contributed by atoms with E-state index in [1.54, 1.807) is 6.26 Å². The molecule has 0 bridgehead atoms. The first-order valence-corrected chi connectivity index (χ1v) is 5.98. The largest absolute Gasteiger partial charge is 0.469 e. The van der Waals surface area contributed by atoms with Gasteiger partial charge >= 0.3 is 5.97 Å². The minimum atomic E-state index is -0.220. The van der Waals surface area contributed by atoms with Gasteiger partial charge in [-0.2, -0.15) is 0 Å². The van der Waals surface area contributed by atoms with Crippen LogP contribution >= 0.6 is 0 Å². The van der Waals surface area contributed by atoms with Crippen LogP contribution in [-0.4, -0.2) is 19.1 Å². The van der Waals surface area contributed by atoms with Crippen molar-refractivity contribution in [3.05, 3.63) is 36.1 Å². The summed E-state index contributed by atoms with van der Waals surface area (Å²) in [5.41, 5.74) is 7.96. The molecule has 0 fully saturated rings. The van der Waals surface area contributed by atoms with Crippen LogP contribution in [0.1, 0.15) is 18.4 Å². The van der Waals surface area contributed by atoms with E-state index in [1.807, 2.05) is 24.3 Å². The summed E-state index contributed by atoms with van der Waals surface area (Å²) in [6.45, 7) is 0. The fourth-order valence-corrected chi connectivity index (χ4v) is 1.98. The Hall–Kier alpha value is -1.81. The number of carbonyl (C=O) groups excluding carboxylic acids is 1. The van der Waals surface area contributed by atoms with E-state index < -0.39 is 0 Å². The quantitative estimate of drug-likeness (QED) is 0.823. The predicted octanol–water partition coefficient (Wildman–Crippen LogP) is 2.26. The van der Waals surface area contributed by atoms with Gasteiger partial charge < -0.3 is 14.9 Å². The SMILES string of the molecule is COC(=O)CCC(N)Cc1coc2ccccc12. The van der Waals surface area contributed by atoms with E-state index in [0.717, 1.165) is 16.5 Å². The molecule has 0 aliphatic rings. The van der Waals surface area contributed by atoms with Crippen LogP contribution in [-0.2, 0) is 16.0 Å². The fourth-order valence-electron chi connectivity index (χ4n) is 1.98. The van der Waals surface area contributed by atoms with E-state index >= 15 is 0 Å². The fraction of sp³-hybridized carbons (Fsp3) is 0.357. The summed E-state index contributed by atoms with van der Waals surface area (Å²) in [4.78, 5) is 11.0. The van der Waals surface area contributed by atoms with Gasteiger partial charge in [-0.25, -0.2) is 0 Å². The number of nitrogens with two attached hydrogens (primary N) is 1. The molecule has 1 unspecified atom stereocenters. The summed E-state index contributed by atoms with van der Waals surface area (Å²) in [6.07, 6.45) is 3.41. The maximum absolute atomic E-state index is 11.0. The number of para-hydroxylation sites is 1. The van der Waals surface area contributed by atoms with E-state index in [-0.39, 0.29) is 12.0 Å². The highest BCUT2D eigenvalue weighted by atomic mass is 16.5. The first-order chi connectivity index (χ1) is 8.70. The number of fused-ring (bicyclic) bond motifs is 1. The van der Waals surface area contributed by atoms with Crippen LogP contribution in [0.15, 0.2) is 34.9 Å². The third-order valence-corrected chi connectivity index (χ3v) is 2.99. The number of benzene rings is 1. The van der Waals surface area contributed by atoms with Crippen LogP contribution in [0.25, 0.3) is 11.0 Å². The lowest BCUT2D eigenvalue weighted by Crippen LogP contribution is -2.23. The zero-order chi connectivity index (χ0) is 13.0. The van der Waals surface area contributed by atoms with Gasteiger partial charge in [-0.3, -0.25) is 4.79 Å². The van der Waals surface area contributed by atoms with Gasteiger partial charge in [-0.15, -0.1) is 0 Å². The van der Waals surface area contributed by atoms with Crippen LogP contribution in [0, 0.1) is 0 Å². The molecule has 0 amide bonds. The van der Waals surface area contributed by atoms with Crippen molar-refractivity contribution in [1.29, 1.82) is 0 Å². The molecule has 0 saturated carbocycles. The lowest BCUT2D eigenvalue weighted by atomic mass is 10.0. The Morgan fingerprint density at radius 1 is 1.44 bits per heavy atom. The zero-order valence-corrected chi connectivity index (χ0v) is 10.4. The Morgan fingerprint density at radius 3 is 3.00 bits per heavy atom. The number of esters is 1. The third kappa shape index (κ3) is 2.90. The zero-order valence-electron chi connectivity index (χ0n) is 10.4. The molecule has 1 heterocycles. The molecular weight excluding hydrogens is 230 g/mol. The number of carbonyl (C=O) groups is 1. The van der Waals surface area contributed by atoms with Crippen molar-refractivity contribution in [1.82, 2.24) is 0 Å². The first-order valence-electron chi connectivity index (χ1n) is 5.98. The molecule has 1 aromatic heterocycles. The summed E-state index contributed by atoms with van der Waals surface area (Å²) >= 11 is 0. The van der Waals surface area contributed by atoms with E-state index in [9.17, 15) is 4.79 Å².